The molecule has 2 amide bonds. The zero-order valence-electron chi connectivity index (χ0n) is 13.7. The van der Waals surface area contributed by atoms with Crippen molar-refractivity contribution in [2.24, 2.45) is 0 Å². The molecule has 120 valence electrons. The number of H-pyrrole nitrogens is 1. The maximum Gasteiger partial charge on any atom is 0.256 e. The van der Waals surface area contributed by atoms with E-state index in [1.807, 2.05) is 36.6 Å². The van der Waals surface area contributed by atoms with Crippen LogP contribution in [0.15, 0.2) is 12.3 Å². The first kappa shape index (κ1) is 15.1. The number of piperidine rings is 1. The number of aryl methyl sites for hydroxylation is 1. The monoisotopic (exact) mass is 303 g/mol. The molecule has 2 aliphatic heterocycles. The van der Waals surface area contributed by atoms with Crippen molar-refractivity contribution in [2.75, 3.05) is 13.1 Å². The minimum absolute atomic E-state index is 0.00444. The van der Waals surface area contributed by atoms with Gasteiger partial charge in [-0.15, -0.1) is 0 Å². The molecular weight excluding hydrogens is 278 g/mol. The standard InChI is InChI=1S/C17H25N3O2/c1-12(2)19-10-4-7-17(16(19)22)8-5-11-20(17)15(21)14-6-9-18-13(14)3/h6,9,12,18H,4-5,7-8,10-11H2,1-3H3. The molecule has 3 rings (SSSR count). The van der Waals surface area contributed by atoms with Gasteiger partial charge in [-0.2, -0.15) is 0 Å². The van der Waals surface area contributed by atoms with Crippen molar-refractivity contribution in [3.63, 3.8) is 0 Å². The molecule has 0 radical (unpaired) electrons. The Bertz CT molecular complexity index is 592. The summed E-state index contributed by atoms with van der Waals surface area (Å²) in [6.07, 6.45) is 5.26. The molecule has 1 N–H and O–H groups in total. The fraction of sp³-hybridized carbons (Fsp3) is 0.647. The second-order valence-corrected chi connectivity index (χ2v) is 6.80. The summed E-state index contributed by atoms with van der Waals surface area (Å²) in [4.78, 5) is 32.9. The summed E-state index contributed by atoms with van der Waals surface area (Å²) in [7, 11) is 0. The van der Waals surface area contributed by atoms with E-state index in [-0.39, 0.29) is 17.9 Å². The fourth-order valence-corrected chi connectivity index (χ4v) is 4.00. The number of carbonyl (C=O) groups excluding carboxylic acids is 2. The van der Waals surface area contributed by atoms with Crippen LogP contribution in [0, 0.1) is 6.92 Å². The summed E-state index contributed by atoms with van der Waals surface area (Å²) in [5, 5.41) is 0. The van der Waals surface area contributed by atoms with Crippen molar-refractivity contribution in [3.8, 4) is 0 Å². The third-order valence-corrected chi connectivity index (χ3v) is 5.19. The van der Waals surface area contributed by atoms with Gasteiger partial charge in [-0.3, -0.25) is 9.59 Å². The quantitative estimate of drug-likeness (QED) is 0.911. The molecule has 22 heavy (non-hydrogen) atoms. The Morgan fingerprint density at radius 1 is 1.27 bits per heavy atom. The Morgan fingerprint density at radius 2 is 1.95 bits per heavy atom. The van der Waals surface area contributed by atoms with Crippen LogP contribution in [0.4, 0.5) is 0 Å². The van der Waals surface area contributed by atoms with Gasteiger partial charge in [0, 0.05) is 31.0 Å². The van der Waals surface area contributed by atoms with Crippen LogP contribution in [0.5, 0.6) is 0 Å². The maximum atomic E-state index is 13.1. The van der Waals surface area contributed by atoms with Crippen molar-refractivity contribution in [3.05, 3.63) is 23.5 Å². The molecule has 1 aromatic rings. The van der Waals surface area contributed by atoms with Gasteiger partial charge in [-0.05, 0) is 52.5 Å². The number of aromatic nitrogens is 1. The minimum atomic E-state index is -0.608. The molecule has 0 bridgehead atoms. The maximum absolute atomic E-state index is 13.1. The number of hydrogen-bond acceptors (Lipinski definition) is 2. The first-order valence-electron chi connectivity index (χ1n) is 8.24. The molecule has 1 spiro atoms. The van der Waals surface area contributed by atoms with Gasteiger partial charge in [0.2, 0.25) is 5.91 Å². The van der Waals surface area contributed by atoms with E-state index in [1.165, 1.54) is 0 Å². The number of likely N-dealkylation sites (tertiary alicyclic amines) is 2. The lowest BCUT2D eigenvalue weighted by Gasteiger charge is -2.46. The van der Waals surface area contributed by atoms with Gasteiger partial charge in [0.05, 0.1) is 5.56 Å². The van der Waals surface area contributed by atoms with Gasteiger partial charge < -0.3 is 14.8 Å². The number of carbonyl (C=O) groups is 2. The van der Waals surface area contributed by atoms with Gasteiger partial charge in [-0.1, -0.05) is 0 Å². The Balaban J connectivity index is 1.93. The van der Waals surface area contributed by atoms with Gasteiger partial charge in [0.1, 0.15) is 5.54 Å². The molecule has 3 heterocycles. The van der Waals surface area contributed by atoms with Crippen LogP contribution >= 0.6 is 0 Å². The predicted molar refractivity (Wildman–Crippen MR) is 84.6 cm³/mol. The lowest BCUT2D eigenvalue weighted by Crippen LogP contribution is -2.62. The molecule has 2 aliphatic rings. The molecule has 0 aliphatic carbocycles. The summed E-state index contributed by atoms with van der Waals surface area (Å²) in [6, 6.07) is 2.01. The SMILES string of the molecule is Cc1[nH]ccc1C(=O)N1CCCC12CCCN(C(C)C)C2=O. The Morgan fingerprint density at radius 3 is 2.55 bits per heavy atom. The van der Waals surface area contributed by atoms with E-state index in [1.54, 1.807) is 6.20 Å². The van der Waals surface area contributed by atoms with Gasteiger partial charge >= 0.3 is 0 Å². The molecule has 0 aromatic carbocycles. The van der Waals surface area contributed by atoms with Crippen LogP contribution in [0.1, 0.15) is 55.6 Å². The predicted octanol–water partition coefficient (Wildman–Crippen LogP) is 2.33. The van der Waals surface area contributed by atoms with Crippen molar-refractivity contribution in [1.82, 2.24) is 14.8 Å². The van der Waals surface area contributed by atoms with Crippen LogP contribution in [-0.2, 0) is 4.79 Å². The lowest BCUT2D eigenvalue weighted by atomic mass is 9.84. The van der Waals surface area contributed by atoms with E-state index in [4.69, 9.17) is 0 Å². The van der Waals surface area contributed by atoms with Crippen LogP contribution in [0.2, 0.25) is 0 Å². The molecule has 5 heteroatoms. The smallest absolute Gasteiger partial charge is 0.256 e. The number of aromatic amines is 1. The van der Waals surface area contributed by atoms with E-state index >= 15 is 0 Å². The van der Waals surface area contributed by atoms with Crippen LogP contribution < -0.4 is 0 Å². The van der Waals surface area contributed by atoms with Crippen LogP contribution in [0.3, 0.4) is 0 Å². The van der Waals surface area contributed by atoms with Gasteiger partial charge in [0.15, 0.2) is 0 Å². The highest BCUT2D eigenvalue weighted by Gasteiger charge is 2.53. The topological polar surface area (TPSA) is 56.4 Å². The lowest BCUT2D eigenvalue weighted by molar-refractivity contribution is -0.147. The number of nitrogens with zero attached hydrogens (tertiary/aromatic N) is 2. The summed E-state index contributed by atoms with van der Waals surface area (Å²) in [5.74, 6) is 0.142. The van der Waals surface area contributed by atoms with Crippen molar-refractivity contribution in [1.29, 1.82) is 0 Å². The molecule has 2 saturated heterocycles. The summed E-state index contributed by atoms with van der Waals surface area (Å²) < 4.78 is 0. The first-order chi connectivity index (χ1) is 10.5. The van der Waals surface area contributed by atoms with Crippen molar-refractivity contribution >= 4 is 11.8 Å². The first-order valence-corrected chi connectivity index (χ1v) is 8.24. The third-order valence-electron chi connectivity index (χ3n) is 5.19. The van der Waals surface area contributed by atoms with E-state index < -0.39 is 5.54 Å². The Labute approximate surface area is 131 Å². The molecular formula is C17H25N3O2. The normalized spacial score (nSPS) is 25.5. The van der Waals surface area contributed by atoms with Crippen LogP contribution in [-0.4, -0.2) is 51.3 Å². The zero-order chi connectivity index (χ0) is 15.9. The zero-order valence-corrected chi connectivity index (χ0v) is 13.7. The molecule has 1 unspecified atom stereocenters. The van der Waals surface area contributed by atoms with E-state index in [0.29, 0.717) is 12.1 Å². The number of rotatable bonds is 2. The summed E-state index contributed by atoms with van der Waals surface area (Å²) >= 11 is 0. The van der Waals surface area contributed by atoms with E-state index in [2.05, 4.69) is 4.98 Å². The Hall–Kier alpha value is -1.78. The highest BCUT2D eigenvalue weighted by molar-refractivity contribution is 6.00. The van der Waals surface area contributed by atoms with E-state index in [0.717, 1.165) is 37.9 Å². The minimum Gasteiger partial charge on any atom is -0.365 e. The van der Waals surface area contributed by atoms with Crippen molar-refractivity contribution in [2.45, 2.75) is 58.0 Å². The molecule has 0 saturated carbocycles. The second kappa shape index (κ2) is 5.45. The molecule has 2 fully saturated rings. The largest absolute Gasteiger partial charge is 0.365 e. The number of amides is 2. The molecule has 5 nitrogen and oxygen atoms in total. The van der Waals surface area contributed by atoms with Crippen LogP contribution in [0.25, 0.3) is 0 Å². The summed E-state index contributed by atoms with van der Waals surface area (Å²) in [5.41, 5.74) is 0.954. The average molecular weight is 303 g/mol. The molecule has 1 atom stereocenters. The average Bonchev–Trinajstić information content (AvgIpc) is 3.08. The van der Waals surface area contributed by atoms with Crippen molar-refractivity contribution < 1.29 is 9.59 Å². The highest BCUT2D eigenvalue weighted by Crippen LogP contribution is 2.39. The Kier molecular flexibility index (Phi) is 3.75. The number of nitrogens with one attached hydrogen (secondary N) is 1. The highest BCUT2D eigenvalue weighted by atomic mass is 16.2. The summed E-state index contributed by atoms with van der Waals surface area (Å²) in [6.45, 7) is 7.49. The van der Waals surface area contributed by atoms with Gasteiger partial charge in [-0.25, -0.2) is 0 Å². The third kappa shape index (κ3) is 2.14. The number of hydrogen-bond donors (Lipinski definition) is 1. The second-order valence-electron chi connectivity index (χ2n) is 6.80. The van der Waals surface area contributed by atoms with Gasteiger partial charge in [0.25, 0.3) is 5.91 Å². The molecule has 1 aromatic heterocycles. The fourth-order valence-electron chi connectivity index (χ4n) is 4.00. The van der Waals surface area contributed by atoms with E-state index in [9.17, 15) is 9.59 Å².